The number of hydrogen-bond donors (Lipinski definition) is 3. The highest BCUT2D eigenvalue weighted by molar-refractivity contribution is 5.88. The summed E-state index contributed by atoms with van der Waals surface area (Å²) in [5.41, 5.74) is 5.93. The van der Waals surface area contributed by atoms with Crippen molar-refractivity contribution < 1.29 is 4.79 Å². The van der Waals surface area contributed by atoms with Gasteiger partial charge in [0.05, 0.1) is 5.69 Å². The van der Waals surface area contributed by atoms with Crippen molar-refractivity contribution in [3.63, 3.8) is 0 Å². The van der Waals surface area contributed by atoms with E-state index < -0.39 is 0 Å². The Hall–Kier alpha value is -4.17. The molecular weight excluding hydrogens is 438 g/mol. The second-order valence-corrected chi connectivity index (χ2v) is 8.66. The van der Waals surface area contributed by atoms with E-state index in [4.69, 9.17) is 0 Å². The van der Waals surface area contributed by atoms with Crippen LogP contribution in [0.25, 0.3) is 11.3 Å². The number of benzene rings is 2. The first-order valence-electron chi connectivity index (χ1n) is 11.8. The first kappa shape index (κ1) is 22.6. The normalized spacial score (nSPS) is 14.0. The van der Waals surface area contributed by atoms with Gasteiger partial charge in [-0.2, -0.15) is 0 Å². The van der Waals surface area contributed by atoms with Gasteiger partial charge < -0.3 is 20.5 Å². The molecule has 1 amide bonds. The van der Waals surface area contributed by atoms with E-state index in [9.17, 15) is 4.79 Å². The van der Waals surface area contributed by atoms with Crippen LogP contribution >= 0.6 is 0 Å². The molecule has 2 aromatic carbocycles. The number of nitrogens with zero attached hydrogens (tertiary/aromatic N) is 4. The van der Waals surface area contributed by atoms with E-state index in [0.29, 0.717) is 5.95 Å². The lowest BCUT2D eigenvalue weighted by Gasteiger charge is -2.36. The van der Waals surface area contributed by atoms with Gasteiger partial charge in [-0.15, -0.1) is 0 Å². The Labute approximate surface area is 205 Å². The molecule has 8 nitrogen and oxygen atoms in total. The minimum Gasteiger partial charge on any atom is -0.369 e. The third-order valence-electron chi connectivity index (χ3n) is 6.05. The van der Waals surface area contributed by atoms with E-state index in [1.165, 1.54) is 18.3 Å². The Morgan fingerprint density at radius 1 is 0.971 bits per heavy atom. The fraction of sp³-hybridized carbons (Fsp3) is 0.222. The molecule has 3 heterocycles. The van der Waals surface area contributed by atoms with E-state index in [2.05, 4.69) is 59.7 Å². The quantitative estimate of drug-likeness (QED) is 0.371. The summed E-state index contributed by atoms with van der Waals surface area (Å²) in [5.74, 6) is 0.452. The van der Waals surface area contributed by atoms with Crippen molar-refractivity contribution in [3.05, 3.63) is 84.8 Å². The molecule has 0 bridgehead atoms. The van der Waals surface area contributed by atoms with E-state index in [1.54, 1.807) is 6.20 Å². The lowest BCUT2D eigenvalue weighted by molar-refractivity contribution is -0.114. The maximum absolute atomic E-state index is 11.2. The monoisotopic (exact) mass is 467 g/mol. The molecule has 4 aromatic rings. The number of carbonyl (C=O) groups excluding carboxylic acids is 1. The number of hydrogen-bond acceptors (Lipinski definition) is 6. The lowest BCUT2D eigenvalue weighted by Crippen LogP contribution is -2.46. The molecule has 3 N–H and O–H groups in total. The molecule has 35 heavy (non-hydrogen) atoms. The van der Waals surface area contributed by atoms with Crippen molar-refractivity contribution in [2.75, 3.05) is 41.7 Å². The van der Waals surface area contributed by atoms with Crippen LogP contribution in [0.1, 0.15) is 12.6 Å². The highest BCUT2D eigenvalue weighted by Gasteiger charge is 2.18. The molecule has 8 heteroatoms. The second-order valence-electron chi connectivity index (χ2n) is 8.66. The summed E-state index contributed by atoms with van der Waals surface area (Å²) in [6.07, 6.45) is 3.73. The number of aromatic amines is 1. The van der Waals surface area contributed by atoms with Crippen LogP contribution in [0.5, 0.6) is 0 Å². The Balaban J connectivity index is 1.22. The van der Waals surface area contributed by atoms with Gasteiger partial charge in [-0.1, -0.05) is 18.2 Å². The average Bonchev–Trinajstić information content (AvgIpc) is 3.38. The fourth-order valence-electron chi connectivity index (χ4n) is 4.29. The summed E-state index contributed by atoms with van der Waals surface area (Å²) >= 11 is 0. The Morgan fingerprint density at radius 3 is 2.54 bits per heavy atom. The first-order valence-corrected chi connectivity index (χ1v) is 11.8. The number of rotatable bonds is 7. The van der Waals surface area contributed by atoms with Crippen molar-refractivity contribution in [2.45, 2.75) is 13.5 Å². The van der Waals surface area contributed by atoms with Gasteiger partial charge in [-0.05, 0) is 48.5 Å². The van der Waals surface area contributed by atoms with Crippen molar-refractivity contribution in [1.82, 2.24) is 19.9 Å². The lowest BCUT2D eigenvalue weighted by atomic mass is 10.1. The molecule has 0 unspecified atom stereocenters. The third-order valence-corrected chi connectivity index (χ3v) is 6.05. The fourth-order valence-corrected chi connectivity index (χ4v) is 4.29. The van der Waals surface area contributed by atoms with Crippen molar-refractivity contribution in [1.29, 1.82) is 0 Å². The predicted molar refractivity (Wildman–Crippen MR) is 140 cm³/mol. The topological polar surface area (TPSA) is 89.2 Å². The number of piperazine rings is 1. The average molecular weight is 468 g/mol. The maximum atomic E-state index is 11.2. The molecule has 2 aromatic heterocycles. The summed E-state index contributed by atoms with van der Waals surface area (Å²) in [6.45, 7) is 6.50. The molecule has 5 rings (SSSR count). The molecule has 1 aliphatic heterocycles. The van der Waals surface area contributed by atoms with E-state index >= 15 is 0 Å². The number of nitrogens with one attached hydrogen (secondary N) is 3. The van der Waals surface area contributed by atoms with Crippen LogP contribution in [0.4, 0.5) is 23.0 Å². The van der Waals surface area contributed by atoms with Crippen molar-refractivity contribution in [2.24, 2.45) is 0 Å². The summed E-state index contributed by atoms with van der Waals surface area (Å²) < 4.78 is 0. The number of aromatic nitrogens is 3. The predicted octanol–water partition coefficient (Wildman–Crippen LogP) is 4.50. The summed E-state index contributed by atoms with van der Waals surface area (Å²) in [6, 6.07) is 22.1. The second kappa shape index (κ2) is 10.4. The van der Waals surface area contributed by atoms with Gasteiger partial charge in [-0.3, -0.25) is 9.69 Å². The van der Waals surface area contributed by atoms with E-state index in [1.807, 2.05) is 48.7 Å². The zero-order valence-corrected chi connectivity index (χ0v) is 19.7. The minimum absolute atomic E-state index is 0.0908. The molecule has 0 aliphatic carbocycles. The van der Waals surface area contributed by atoms with Crippen molar-refractivity contribution >= 4 is 28.9 Å². The number of amides is 1. The van der Waals surface area contributed by atoms with E-state index in [0.717, 1.165) is 55.4 Å². The van der Waals surface area contributed by atoms with Gasteiger partial charge in [0.2, 0.25) is 11.9 Å². The van der Waals surface area contributed by atoms with Gasteiger partial charge in [0.25, 0.3) is 0 Å². The summed E-state index contributed by atoms with van der Waals surface area (Å²) in [5, 5.41) is 6.13. The van der Waals surface area contributed by atoms with Gasteiger partial charge in [0.1, 0.15) is 0 Å². The molecule has 0 spiro atoms. The molecule has 1 fully saturated rings. The van der Waals surface area contributed by atoms with Crippen LogP contribution in [0.3, 0.4) is 0 Å². The third kappa shape index (κ3) is 5.85. The van der Waals surface area contributed by atoms with Crippen LogP contribution in [-0.2, 0) is 11.3 Å². The SMILES string of the molecule is CC(=O)Nc1ccc(-c2ccnc(Nc3cccc(N4CCN(Cc5ccc[nH]5)CC4)c3)n2)cc1. The largest absolute Gasteiger partial charge is 0.369 e. The highest BCUT2D eigenvalue weighted by Crippen LogP contribution is 2.25. The highest BCUT2D eigenvalue weighted by atomic mass is 16.1. The summed E-state index contributed by atoms with van der Waals surface area (Å²) in [7, 11) is 0. The van der Waals surface area contributed by atoms with Crippen molar-refractivity contribution in [3.8, 4) is 11.3 Å². The molecule has 1 saturated heterocycles. The molecule has 0 radical (unpaired) electrons. The smallest absolute Gasteiger partial charge is 0.227 e. The number of anilines is 4. The maximum Gasteiger partial charge on any atom is 0.227 e. The molecule has 0 saturated carbocycles. The van der Waals surface area contributed by atoms with Crippen LogP contribution < -0.4 is 15.5 Å². The van der Waals surface area contributed by atoms with Gasteiger partial charge >= 0.3 is 0 Å². The van der Waals surface area contributed by atoms with Crippen LogP contribution in [-0.4, -0.2) is 51.9 Å². The minimum atomic E-state index is -0.0908. The van der Waals surface area contributed by atoms with E-state index in [-0.39, 0.29) is 5.91 Å². The Bertz CT molecular complexity index is 1260. The summed E-state index contributed by atoms with van der Waals surface area (Å²) in [4.78, 5) is 28.5. The van der Waals surface area contributed by atoms with Gasteiger partial charge in [0.15, 0.2) is 0 Å². The molecular formula is C27H29N7O. The zero-order chi connectivity index (χ0) is 24.0. The zero-order valence-electron chi connectivity index (χ0n) is 19.7. The standard InChI is InChI=1S/C27H29N7O/c1-20(35)30-22-9-7-21(8-10-22)26-11-13-29-27(32-26)31-23-4-2-6-25(18-23)34-16-14-33(15-17-34)19-24-5-3-12-28-24/h2-13,18,28H,14-17,19H2,1H3,(H,30,35)(H,29,31,32). The number of carbonyl (C=O) groups is 1. The van der Waals surface area contributed by atoms with Gasteiger partial charge in [-0.25, -0.2) is 9.97 Å². The Kier molecular flexibility index (Phi) is 6.72. The van der Waals surface area contributed by atoms with Crippen LogP contribution in [0.15, 0.2) is 79.1 Å². The molecule has 0 atom stereocenters. The Morgan fingerprint density at radius 2 is 1.80 bits per heavy atom. The molecule has 178 valence electrons. The van der Waals surface area contributed by atoms with Crippen LogP contribution in [0, 0.1) is 0 Å². The first-order chi connectivity index (χ1) is 17.1. The van der Waals surface area contributed by atoms with Crippen LogP contribution in [0.2, 0.25) is 0 Å². The molecule has 1 aliphatic rings. The number of H-pyrrole nitrogens is 1. The van der Waals surface area contributed by atoms with Gasteiger partial charge in [0, 0.05) is 80.4 Å².